The molecular formula is C13H17N3O5. The molecule has 3 N–H and O–H groups in total. The average molecular weight is 295 g/mol. The van der Waals surface area contributed by atoms with Gasteiger partial charge in [0.2, 0.25) is 0 Å². The number of carbonyl (C=O) groups is 3. The summed E-state index contributed by atoms with van der Waals surface area (Å²) in [6, 6.07) is 1.67. The highest BCUT2D eigenvalue weighted by Gasteiger charge is 2.22. The number of hydrogen-bond donors (Lipinski definition) is 3. The Kier molecular flexibility index (Phi) is 6.12. The second-order valence-electron chi connectivity index (χ2n) is 4.48. The van der Waals surface area contributed by atoms with Crippen LogP contribution in [0.1, 0.15) is 18.4 Å². The van der Waals surface area contributed by atoms with Gasteiger partial charge in [-0.15, -0.1) is 0 Å². The number of aliphatic carboxylic acids is 2. The minimum absolute atomic E-state index is 0.167. The lowest BCUT2D eigenvalue weighted by Crippen LogP contribution is -2.46. The molecule has 0 fully saturated rings. The van der Waals surface area contributed by atoms with Gasteiger partial charge in [-0.2, -0.15) is 0 Å². The Morgan fingerprint density at radius 2 is 1.90 bits per heavy atom. The van der Waals surface area contributed by atoms with Crippen molar-refractivity contribution in [2.24, 2.45) is 0 Å². The first kappa shape index (κ1) is 16.4. The largest absolute Gasteiger partial charge is 0.481 e. The van der Waals surface area contributed by atoms with Crippen LogP contribution in [-0.2, 0) is 16.1 Å². The zero-order chi connectivity index (χ0) is 15.8. The fourth-order valence-corrected chi connectivity index (χ4v) is 1.62. The number of nitrogens with one attached hydrogen (secondary N) is 1. The first-order chi connectivity index (χ1) is 9.90. The van der Waals surface area contributed by atoms with E-state index >= 15 is 0 Å². The van der Waals surface area contributed by atoms with Crippen LogP contribution < -0.4 is 5.32 Å². The van der Waals surface area contributed by atoms with Crippen molar-refractivity contribution in [3.05, 3.63) is 30.1 Å². The SMILES string of the molecule is CN(Cc1ccncc1)C(=O)NC(CCC(=O)O)C(=O)O. The van der Waals surface area contributed by atoms with Crippen molar-refractivity contribution in [1.82, 2.24) is 15.2 Å². The molecule has 1 heterocycles. The number of aromatic nitrogens is 1. The molecule has 8 nitrogen and oxygen atoms in total. The molecule has 0 spiro atoms. The van der Waals surface area contributed by atoms with Gasteiger partial charge in [0.1, 0.15) is 6.04 Å². The minimum Gasteiger partial charge on any atom is -0.481 e. The van der Waals surface area contributed by atoms with E-state index in [0.29, 0.717) is 6.54 Å². The van der Waals surface area contributed by atoms with E-state index < -0.39 is 24.0 Å². The van der Waals surface area contributed by atoms with Crippen molar-refractivity contribution >= 4 is 18.0 Å². The lowest BCUT2D eigenvalue weighted by atomic mass is 10.1. The Bertz CT molecular complexity index is 506. The first-order valence-electron chi connectivity index (χ1n) is 6.25. The van der Waals surface area contributed by atoms with E-state index in [1.165, 1.54) is 11.9 Å². The zero-order valence-corrected chi connectivity index (χ0v) is 11.5. The number of carbonyl (C=O) groups excluding carboxylic acids is 1. The monoisotopic (exact) mass is 295 g/mol. The van der Waals surface area contributed by atoms with Crippen LogP contribution in [0.15, 0.2) is 24.5 Å². The van der Waals surface area contributed by atoms with Gasteiger partial charge in [-0.25, -0.2) is 9.59 Å². The molecule has 0 aliphatic carbocycles. The second kappa shape index (κ2) is 7.83. The van der Waals surface area contributed by atoms with Crippen LogP contribution >= 0.6 is 0 Å². The third kappa shape index (κ3) is 5.89. The average Bonchev–Trinajstić information content (AvgIpc) is 2.43. The molecule has 2 amide bonds. The minimum atomic E-state index is -1.26. The summed E-state index contributed by atoms with van der Waals surface area (Å²) >= 11 is 0. The van der Waals surface area contributed by atoms with E-state index in [2.05, 4.69) is 10.3 Å². The summed E-state index contributed by atoms with van der Waals surface area (Å²) in [7, 11) is 1.52. The van der Waals surface area contributed by atoms with Gasteiger partial charge in [-0.3, -0.25) is 9.78 Å². The number of urea groups is 1. The van der Waals surface area contributed by atoms with Crippen molar-refractivity contribution < 1.29 is 24.6 Å². The van der Waals surface area contributed by atoms with Crippen LogP contribution in [0.2, 0.25) is 0 Å². The number of amides is 2. The van der Waals surface area contributed by atoms with E-state index in [9.17, 15) is 14.4 Å². The Labute approximate surface area is 121 Å². The van der Waals surface area contributed by atoms with Gasteiger partial charge in [0, 0.05) is 32.4 Å². The molecule has 0 saturated carbocycles. The lowest BCUT2D eigenvalue weighted by molar-refractivity contribution is -0.140. The van der Waals surface area contributed by atoms with Crippen LogP contribution in [0, 0.1) is 0 Å². The fourth-order valence-electron chi connectivity index (χ4n) is 1.62. The van der Waals surface area contributed by atoms with Gasteiger partial charge in [0.15, 0.2) is 0 Å². The summed E-state index contributed by atoms with van der Waals surface area (Å²) < 4.78 is 0. The Balaban J connectivity index is 2.56. The quantitative estimate of drug-likeness (QED) is 0.675. The van der Waals surface area contributed by atoms with Crippen LogP contribution in [0.4, 0.5) is 4.79 Å². The topological polar surface area (TPSA) is 120 Å². The Hall–Kier alpha value is -2.64. The summed E-state index contributed by atoms with van der Waals surface area (Å²) in [5.41, 5.74) is 0.847. The molecule has 21 heavy (non-hydrogen) atoms. The van der Waals surface area contributed by atoms with Gasteiger partial charge in [0.25, 0.3) is 0 Å². The zero-order valence-electron chi connectivity index (χ0n) is 11.5. The van der Waals surface area contributed by atoms with Crippen molar-refractivity contribution in [1.29, 1.82) is 0 Å². The summed E-state index contributed by atoms with van der Waals surface area (Å²) in [5, 5.41) is 19.8. The molecule has 1 atom stereocenters. The number of carboxylic acids is 2. The number of nitrogens with zero attached hydrogens (tertiary/aromatic N) is 2. The summed E-state index contributed by atoms with van der Waals surface area (Å²) in [4.78, 5) is 38.5. The van der Waals surface area contributed by atoms with E-state index in [4.69, 9.17) is 10.2 Å². The molecule has 114 valence electrons. The van der Waals surface area contributed by atoms with E-state index in [0.717, 1.165) is 5.56 Å². The van der Waals surface area contributed by atoms with Gasteiger partial charge in [-0.1, -0.05) is 0 Å². The number of carboxylic acid groups (broad SMARTS) is 2. The fraction of sp³-hybridized carbons (Fsp3) is 0.385. The molecule has 1 aromatic rings. The molecule has 1 aromatic heterocycles. The highest BCUT2D eigenvalue weighted by Crippen LogP contribution is 2.03. The predicted molar refractivity (Wildman–Crippen MR) is 72.5 cm³/mol. The third-order valence-corrected chi connectivity index (χ3v) is 2.76. The van der Waals surface area contributed by atoms with Crippen molar-refractivity contribution in [2.75, 3.05) is 7.05 Å². The van der Waals surface area contributed by atoms with Gasteiger partial charge < -0.3 is 20.4 Å². The van der Waals surface area contributed by atoms with Gasteiger partial charge in [0.05, 0.1) is 0 Å². The summed E-state index contributed by atoms with van der Waals surface area (Å²) in [6.45, 7) is 0.291. The van der Waals surface area contributed by atoms with E-state index in [1.54, 1.807) is 24.5 Å². The standard InChI is InChI=1S/C13H17N3O5/c1-16(8-9-4-6-14-7-5-9)13(21)15-10(12(19)20)2-3-11(17)18/h4-7,10H,2-3,8H2,1H3,(H,15,21)(H,17,18)(H,19,20). The molecular weight excluding hydrogens is 278 g/mol. The van der Waals surface area contributed by atoms with E-state index in [-0.39, 0.29) is 12.8 Å². The molecule has 0 aromatic carbocycles. The Morgan fingerprint density at radius 1 is 1.29 bits per heavy atom. The van der Waals surface area contributed by atoms with Crippen molar-refractivity contribution in [2.45, 2.75) is 25.4 Å². The second-order valence-corrected chi connectivity index (χ2v) is 4.48. The molecule has 8 heteroatoms. The summed E-state index contributed by atoms with van der Waals surface area (Å²) in [6.07, 6.45) is 2.69. The van der Waals surface area contributed by atoms with Crippen molar-refractivity contribution in [3.63, 3.8) is 0 Å². The Morgan fingerprint density at radius 3 is 2.43 bits per heavy atom. The van der Waals surface area contributed by atoms with Crippen molar-refractivity contribution in [3.8, 4) is 0 Å². The molecule has 1 rings (SSSR count). The van der Waals surface area contributed by atoms with Crippen LogP contribution in [0.5, 0.6) is 0 Å². The highest BCUT2D eigenvalue weighted by molar-refractivity contribution is 5.82. The number of rotatable bonds is 7. The maximum atomic E-state index is 11.9. The van der Waals surface area contributed by atoms with Crippen LogP contribution in [0.3, 0.4) is 0 Å². The molecule has 0 radical (unpaired) electrons. The summed E-state index contributed by atoms with van der Waals surface area (Å²) in [5.74, 6) is -2.37. The smallest absolute Gasteiger partial charge is 0.326 e. The maximum Gasteiger partial charge on any atom is 0.326 e. The number of pyridine rings is 1. The third-order valence-electron chi connectivity index (χ3n) is 2.76. The van der Waals surface area contributed by atoms with Crippen LogP contribution in [-0.4, -0.2) is 51.2 Å². The van der Waals surface area contributed by atoms with Gasteiger partial charge in [-0.05, 0) is 24.1 Å². The normalized spacial score (nSPS) is 11.5. The van der Waals surface area contributed by atoms with Crippen LogP contribution in [0.25, 0.3) is 0 Å². The van der Waals surface area contributed by atoms with E-state index in [1.807, 2.05) is 0 Å². The molecule has 1 unspecified atom stereocenters. The molecule has 0 aliphatic heterocycles. The maximum absolute atomic E-state index is 11.9. The molecule has 0 aliphatic rings. The lowest BCUT2D eigenvalue weighted by Gasteiger charge is -2.21. The predicted octanol–water partition coefficient (Wildman–Crippen LogP) is 0.541. The van der Waals surface area contributed by atoms with Gasteiger partial charge >= 0.3 is 18.0 Å². The number of hydrogen-bond acceptors (Lipinski definition) is 4. The first-order valence-corrected chi connectivity index (χ1v) is 6.25. The molecule has 0 bridgehead atoms. The highest BCUT2D eigenvalue weighted by atomic mass is 16.4. The molecule has 0 saturated heterocycles.